The smallest absolute Gasteiger partial charge is 0.260 e. The molecule has 0 bridgehead atoms. The van der Waals surface area contributed by atoms with E-state index in [-0.39, 0.29) is 23.3 Å². The van der Waals surface area contributed by atoms with Crippen molar-refractivity contribution < 1.29 is 12.9 Å². The lowest BCUT2D eigenvalue weighted by Crippen LogP contribution is -2.26. The standard InChI is InChI=1S/C8H12N6O3S/c1-5-12-6(17-13-5)3-11-18(15,16)8-7(9)10-4-14(8)2/h4,11H,3,9H2,1-2H3. The van der Waals surface area contributed by atoms with Crippen LogP contribution < -0.4 is 10.5 Å². The normalized spacial score (nSPS) is 11.9. The Bertz CT molecular complexity index is 639. The van der Waals surface area contributed by atoms with Crippen molar-refractivity contribution in [3.63, 3.8) is 0 Å². The SMILES string of the molecule is Cc1noc(CNS(=O)(=O)c2c(N)ncn2C)n1. The Labute approximate surface area is 103 Å². The van der Waals surface area contributed by atoms with Crippen LogP contribution in [-0.2, 0) is 23.6 Å². The van der Waals surface area contributed by atoms with Crippen LogP contribution in [0.1, 0.15) is 11.7 Å². The van der Waals surface area contributed by atoms with Crippen LogP contribution in [0.2, 0.25) is 0 Å². The summed E-state index contributed by atoms with van der Waals surface area (Å²) in [5, 5.41) is 3.45. The fourth-order valence-corrected chi connectivity index (χ4v) is 2.61. The van der Waals surface area contributed by atoms with Gasteiger partial charge in [-0.1, -0.05) is 5.16 Å². The second-order valence-corrected chi connectivity index (χ2v) is 5.29. The molecule has 0 unspecified atom stereocenters. The highest BCUT2D eigenvalue weighted by atomic mass is 32.2. The minimum atomic E-state index is -3.77. The summed E-state index contributed by atoms with van der Waals surface area (Å²) in [6.45, 7) is 1.54. The number of nitrogens with zero attached hydrogens (tertiary/aromatic N) is 4. The predicted molar refractivity (Wildman–Crippen MR) is 60.7 cm³/mol. The van der Waals surface area contributed by atoms with Crippen LogP contribution in [0, 0.1) is 6.92 Å². The van der Waals surface area contributed by atoms with Crippen LogP contribution in [0.5, 0.6) is 0 Å². The van der Waals surface area contributed by atoms with E-state index in [1.165, 1.54) is 17.9 Å². The fourth-order valence-electron chi connectivity index (χ4n) is 1.40. The highest BCUT2D eigenvalue weighted by Gasteiger charge is 2.22. The Kier molecular flexibility index (Phi) is 3.05. The van der Waals surface area contributed by atoms with Gasteiger partial charge in [0.15, 0.2) is 16.7 Å². The first-order chi connectivity index (χ1) is 8.40. The zero-order valence-corrected chi connectivity index (χ0v) is 10.6. The number of anilines is 1. The Morgan fingerprint density at radius 3 is 2.78 bits per heavy atom. The van der Waals surface area contributed by atoms with Gasteiger partial charge in [-0.2, -0.15) is 4.98 Å². The maximum atomic E-state index is 12.0. The maximum absolute atomic E-state index is 12.0. The summed E-state index contributed by atoms with van der Waals surface area (Å²) in [5.74, 6) is 0.549. The van der Waals surface area contributed by atoms with Gasteiger partial charge in [-0.25, -0.2) is 18.1 Å². The summed E-state index contributed by atoms with van der Waals surface area (Å²) in [4.78, 5) is 7.59. The molecule has 98 valence electrons. The van der Waals surface area contributed by atoms with E-state index >= 15 is 0 Å². The van der Waals surface area contributed by atoms with E-state index in [1.807, 2.05) is 0 Å². The lowest BCUT2D eigenvalue weighted by Gasteiger charge is -2.05. The Morgan fingerprint density at radius 2 is 2.28 bits per heavy atom. The summed E-state index contributed by atoms with van der Waals surface area (Å²) in [6, 6.07) is 0. The lowest BCUT2D eigenvalue weighted by molar-refractivity contribution is 0.372. The summed E-state index contributed by atoms with van der Waals surface area (Å²) >= 11 is 0. The third kappa shape index (κ3) is 2.33. The number of hydrogen-bond donors (Lipinski definition) is 2. The Morgan fingerprint density at radius 1 is 1.56 bits per heavy atom. The molecule has 2 aromatic heterocycles. The number of sulfonamides is 1. The first kappa shape index (κ1) is 12.5. The number of nitrogens with one attached hydrogen (secondary N) is 1. The monoisotopic (exact) mass is 272 g/mol. The van der Waals surface area contributed by atoms with Crippen molar-refractivity contribution in [1.82, 2.24) is 24.4 Å². The molecule has 18 heavy (non-hydrogen) atoms. The molecule has 0 saturated carbocycles. The van der Waals surface area contributed by atoms with Crippen molar-refractivity contribution in [2.75, 3.05) is 5.73 Å². The van der Waals surface area contributed by atoms with Gasteiger partial charge in [0.1, 0.15) is 0 Å². The Balaban J connectivity index is 2.18. The van der Waals surface area contributed by atoms with Gasteiger partial charge in [0.25, 0.3) is 10.0 Å². The topological polar surface area (TPSA) is 129 Å². The number of rotatable bonds is 4. The minimum absolute atomic E-state index is 0.0632. The molecule has 2 rings (SSSR count). The van der Waals surface area contributed by atoms with Gasteiger partial charge in [-0.15, -0.1) is 0 Å². The molecule has 10 heteroatoms. The number of aryl methyl sites for hydroxylation is 2. The molecular weight excluding hydrogens is 260 g/mol. The average Bonchev–Trinajstić information content (AvgIpc) is 2.83. The fraction of sp³-hybridized carbons (Fsp3) is 0.375. The van der Waals surface area contributed by atoms with E-state index in [4.69, 9.17) is 10.3 Å². The Hall–Kier alpha value is -1.94. The van der Waals surface area contributed by atoms with Gasteiger partial charge in [-0.3, -0.25) is 0 Å². The quantitative estimate of drug-likeness (QED) is 0.743. The first-order valence-electron chi connectivity index (χ1n) is 4.96. The van der Waals surface area contributed by atoms with E-state index < -0.39 is 10.0 Å². The van der Waals surface area contributed by atoms with Gasteiger partial charge >= 0.3 is 0 Å². The van der Waals surface area contributed by atoms with Crippen LogP contribution in [0.25, 0.3) is 0 Å². The molecule has 2 aromatic rings. The third-order valence-corrected chi connectivity index (χ3v) is 3.68. The number of imidazole rings is 1. The van der Waals surface area contributed by atoms with E-state index in [1.54, 1.807) is 6.92 Å². The first-order valence-corrected chi connectivity index (χ1v) is 6.44. The molecular formula is C8H12N6O3S. The van der Waals surface area contributed by atoms with Crippen LogP contribution in [0.4, 0.5) is 5.82 Å². The molecule has 0 fully saturated rings. The average molecular weight is 272 g/mol. The van der Waals surface area contributed by atoms with E-state index in [0.29, 0.717) is 5.82 Å². The van der Waals surface area contributed by atoms with Crippen LogP contribution in [-0.4, -0.2) is 28.1 Å². The van der Waals surface area contributed by atoms with E-state index in [9.17, 15) is 8.42 Å². The molecule has 9 nitrogen and oxygen atoms in total. The minimum Gasteiger partial charge on any atom is -0.381 e. The van der Waals surface area contributed by atoms with Crippen LogP contribution in [0.3, 0.4) is 0 Å². The molecule has 2 heterocycles. The van der Waals surface area contributed by atoms with Crippen molar-refractivity contribution in [3.05, 3.63) is 18.0 Å². The van der Waals surface area contributed by atoms with Crippen LogP contribution in [0.15, 0.2) is 15.9 Å². The molecule has 3 N–H and O–H groups in total. The molecule has 0 aliphatic heterocycles. The summed E-state index contributed by atoms with van der Waals surface area (Å²) < 4.78 is 32.4. The van der Waals surface area contributed by atoms with E-state index in [0.717, 1.165) is 0 Å². The lowest BCUT2D eigenvalue weighted by atomic mass is 10.6. The van der Waals surface area contributed by atoms with Gasteiger partial charge < -0.3 is 14.8 Å². The molecule has 0 amide bonds. The molecule has 0 spiro atoms. The summed E-state index contributed by atoms with van der Waals surface area (Å²) in [5.41, 5.74) is 5.50. The zero-order chi connectivity index (χ0) is 13.3. The number of hydrogen-bond acceptors (Lipinski definition) is 7. The molecule has 0 radical (unpaired) electrons. The van der Waals surface area contributed by atoms with E-state index in [2.05, 4.69) is 19.8 Å². The van der Waals surface area contributed by atoms with Gasteiger partial charge in [0.2, 0.25) is 5.89 Å². The van der Waals surface area contributed by atoms with Crippen molar-refractivity contribution >= 4 is 15.8 Å². The second kappa shape index (κ2) is 4.38. The molecule has 0 atom stereocenters. The molecule has 0 saturated heterocycles. The van der Waals surface area contributed by atoms with Crippen molar-refractivity contribution in [2.45, 2.75) is 18.5 Å². The highest BCUT2D eigenvalue weighted by Crippen LogP contribution is 2.15. The van der Waals surface area contributed by atoms with Crippen molar-refractivity contribution in [1.29, 1.82) is 0 Å². The number of nitrogens with two attached hydrogens (primary N) is 1. The van der Waals surface area contributed by atoms with Gasteiger partial charge in [-0.05, 0) is 6.92 Å². The number of aromatic nitrogens is 4. The summed E-state index contributed by atoms with van der Waals surface area (Å²) in [6.07, 6.45) is 1.32. The summed E-state index contributed by atoms with van der Waals surface area (Å²) in [7, 11) is -2.23. The largest absolute Gasteiger partial charge is 0.381 e. The number of nitrogen functional groups attached to an aromatic ring is 1. The van der Waals surface area contributed by atoms with Crippen molar-refractivity contribution in [3.8, 4) is 0 Å². The zero-order valence-electron chi connectivity index (χ0n) is 9.78. The van der Waals surface area contributed by atoms with Gasteiger partial charge in [0.05, 0.1) is 12.9 Å². The molecule has 0 aromatic carbocycles. The van der Waals surface area contributed by atoms with Crippen LogP contribution >= 0.6 is 0 Å². The molecule has 0 aliphatic rings. The molecule has 0 aliphatic carbocycles. The highest BCUT2D eigenvalue weighted by molar-refractivity contribution is 7.89. The predicted octanol–water partition coefficient (Wildman–Crippen LogP) is -0.828. The maximum Gasteiger partial charge on any atom is 0.260 e. The van der Waals surface area contributed by atoms with Gasteiger partial charge in [0, 0.05) is 7.05 Å². The third-order valence-electron chi connectivity index (χ3n) is 2.15. The second-order valence-electron chi connectivity index (χ2n) is 3.61. The van der Waals surface area contributed by atoms with Crippen molar-refractivity contribution in [2.24, 2.45) is 7.05 Å².